The van der Waals surface area contributed by atoms with Gasteiger partial charge in [-0.2, -0.15) is 0 Å². The summed E-state index contributed by atoms with van der Waals surface area (Å²) in [5, 5.41) is 1.91. The van der Waals surface area contributed by atoms with Gasteiger partial charge in [0.15, 0.2) is 5.16 Å². The first-order valence-electron chi connectivity index (χ1n) is 9.11. The predicted molar refractivity (Wildman–Crippen MR) is 124 cm³/mol. The van der Waals surface area contributed by atoms with Gasteiger partial charge in [-0.25, -0.2) is 14.8 Å². The van der Waals surface area contributed by atoms with E-state index in [1.807, 2.05) is 48.7 Å². The molecule has 3 aromatic rings. The molecule has 0 fully saturated rings. The third kappa shape index (κ3) is 5.93. The Labute approximate surface area is 189 Å². The lowest BCUT2D eigenvalue weighted by Crippen LogP contribution is -2.10. The first kappa shape index (κ1) is 22.5. The zero-order valence-electron chi connectivity index (χ0n) is 17.0. The molecule has 0 saturated heterocycles. The van der Waals surface area contributed by atoms with Gasteiger partial charge in [0.2, 0.25) is 0 Å². The van der Waals surface area contributed by atoms with Crippen LogP contribution in [0.4, 0.5) is 0 Å². The highest BCUT2D eigenvalue weighted by molar-refractivity contribution is 7.99. The fourth-order valence-corrected chi connectivity index (χ4v) is 5.07. The number of hydrogen-bond donors (Lipinski definition) is 0. The van der Waals surface area contributed by atoms with Crippen LogP contribution in [0.15, 0.2) is 69.8 Å². The lowest BCUT2D eigenvalue weighted by molar-refractivity contribution is 0.0590. The molecule has 30 heavy (non-hydrogen) atoms. The van der Waals surface area contributed by atoms with Crippen molar-refractivity contribution in [3.05, 3.63) is 71.3 Å². The summed E-state index contributed by atoms with van der Waals surface area (Å²) in [6.07, 6.45) is 1.93. The van der Waals surface area contributed by atoms with Gasteiger partial charge in [-0.1, -0.05) is 54.2 Å². The lowest BCUT2D eigenvalue weighted by atomic mass is 10.2. The van der Waals surface area contributed by atoms with Gasteiger partial charge in [-0.05, 0) is 29.5 Å². The standard InChI is InChI=1S/C22H22N2O3S3/c1-26-17-11-9-16(10-12-17)14-30-20-18(21(25)27-2)19(23-22(24-20)28-3)29-13-15-7-5-4-6-8-15/h4-12H,13-14H2,1-3H3. The summed E-state index contributed by atoms with van der Waals surface area (Å²) in [5.74, 6) is 1.76. The van der Waals surface area contributed by atoms with Gasteiger partial charge in [0, 0.05) is 11.5 Å². The number of thioether (sulfide) groups is 3. The number of benzene rings is 2. The molecule has 2 aromatic carbocycles. The monoisotopic (exact) mass is 458 g/mol. The molecule has 5 nitrogen and oxygen atoms in total. The zero-order valence-corrected chi connectivity index (χ0v) is 19.4. The topological polar surface area (TPSA) is 61.3 Å². The normalized spacial score (nSPS) is 10.6. The zero-order chi connectivity index (χ0) is 21.3. The SMILES string of the molecule is COC(=O)c1c(SCc2ccccc2)nc(SC)nc1SCc1ccc(OC)cc1. The number of methoxy groups -OCH3 is 2. The molecule has 0 bridgehead atoms. The molecule has 0 atom stereocenters. The minimum Gasteiger partial charge on any atom is -0.497 e. The summed E-state index contributed by atoms with van der Waals surface area (Å²) >= 11 is 4.48. The van der Waals surface area contributed by atoms with Crippen LogP contribution in [0.25, 0.3) is 0 Å². The molecule has 0 amide bonds. The minimum absolute atomic E-state index is 0.421. The van der Waals surface area contributed by atoms with Gasteiger partial charge < -0.3 is 9.47 Å². The number of aromatic nitrogens is 2. The van der Waals surface area contributed by atoms with Crippen molar-refractivity contribution >= 4 is 41.3 Å². The van der Waals surface area contributed by atoms with E-state index in [1.54, 1.807) is 7.11 Å². The van der Waals surface area contributed by atoms with Crippen molar-refractivity contribution in [3.8, 4) is 5.75 Å². The van der Waals surface area contributed by atoms with E-state index in [2.05, 4.69) is 22.1 Å². The Kier molecular flexibility index (Phi) is 8.48. The van der Waals surface area contributed by atoms with Gasteiger partial charge in [-0.3, -0.25) is 0 Å². The number of ether oxygens (including phenoxy) is 2. The first-order valence-corrected chi connectivity index (χ1v) is 12.3. The van der Waals surface area contributed by atoms with Gasteiger partial charge >= 0.3 is 5.97 Å². The Balaban J connectivity index is 1.88. The second-order valence-electron chi connectivity index (χ2n) is 6.10. The number of carbonyl (C=O) groups is 1. The third-order valence-corrected chi connectivity index (χ3v) is 6.79. The second-order valence-corrected chi connectivity index (χ2v) is 8.80. The number of hydrogen-bond acceptors (Lipinski definition) is 8. The Morgan fingerprint density at radius 2 is 1.43 bits per heavy atom. The molecule has 0 unspecified atom stereocenters. The summed E-state index contributed by atoms with van der Waals surface area (Å²) in [5.41, 5.74) is 2.70. The fraction of sp³-hybridized carbons (Fsp3) is 0.227. The highest BCUT2D eigenvalue weighted by atomic mass is 32.2. The summed E-state index contributed by atoms with van der Waals surface area (Å²) < 4.78 is 10.3. The van der Waals surface area contributed by atoms with Crippen LogP contribution in [-0.4, -0.2) is 36.4 Å². The van der Waals surface area contributed by atoms with E-state index < -0.39 is 5.97 Å². The molecule has 1 aromatic heterocycles. The molecule has 0 radical (unpaired) electrons. The number of esters is 1. The first-order chi connectivity index (χ1) is 14.6. The maximum absolute atomic E-state index is 12.6. The molecule has 156 valence electrons. The van der Waals surface area contributed by atoms with E-state index in [4.69, 9.17) is 9.47 Å². The van der Waals surface area contributed by atoms with E-state index in [-0.39, 0.29) is 0 Å². The summed E-state index contributed by atoms with van der Waals surface area (Å²) in [6, 6.07) is 18.0. The summed E-state index contributed by atoms with van der Waals surface area (Å²) in [7, 11) is 3.03. The molecule has 0 aliphatic heterocycles. The number of carbonyl (C=O) groups excluding carboxylic acids is 1. The van der Waals surface area contributed by atoms with Crippen LogP contribution >= 0.6 is 35.3 Å². The van der Waals surface area contributed by atoms with E-state index in [1.165, 1.54) is 42.4 Å². The Morgan fingerprint density at radius 1 is 0.867 bits per heavy atom. The molecule has 0 aliphatic rings. The van der Waals surface area contributed by atoms with Crippen LogP contribution in [-0.2, 0) is 16.2 Å². The van der Waals surface area contributed by atoms with Crippen molar-refractivity contribution in [1.82, 2.24) is 9.97 Å². The third-order valence-electron chi connectivity index (χ3n) is 4.15. The predicted octanol–water partition coefficient (Wildman–Crippen LogP) is 5.58. The maximum Gasteiger partial charge on any atom is 0.343 e. The molecule has 0 spiro atoms. The molecular formula is C22H22N2O3S3. The van der Waals surface area contributed by atoms with Crippen molar-refractivity contribution in [3.63, 3.8) is 0 Å². The molecular weight excluding hydrogens is 436 g/mol. The largest absolute Gasteiger partial charge is 0.497 e. The highest BCUT2D eigenvalue weighted by Crippen LogP contribution is 2.34. The van der Waals surface area contributed by atoms with Crippen molar-refractivity contribution in [2.75, 3.05) is 20.5 Å². The minimum atomic E-state index is -0.421. The summed E-state index contributed by atoms with van der Waals surface area (Å²) in [4.78, 5) is 21.8. The number of nitrogens with zero attached hydrogens (tertiary/aromatic N) is 2. The van der Waals surface area contributed by atoms with Crippen LogP contribution in [0.1, 0.15) is 21.5 Å². The van der Waals surface area contributed by atoms with Crippen molar-refractivity contribution < 1.29 is 14.3 Å². The fourth-order valence-electron chi connectivity index (χ4n) is 2.58. The van der Waals surface area contributed by atoms with Gasteiger partial charge in [0.25, 0.3) is 0 Å². The van der Waals surface area contributed by atoms with Crippen LogP contribution < -0.4 is 4.74 Å². The Bertz CT molecular complexity index is 983. The summed E-state index contributed by atoms with van der Waals surface area (Å²) in [6.45, 7) is 0. The molecule has 0 saturated carbocycles. The molecule has 8 heteroatoms. The molecule has 3 rings (SSSR count). The van der Waals surface area contributed by atoms with Crippen LogP contribution in [0.5, 0.6) is 5.75 Å². The highest BCUT2D eigenvalue weighted by Gasteiger charge is 2.22. The maximum atomic E-state index is 12.6. The van der Waals surface area contributed by atoms with Crippen LogP contribution in [0.2, 0.25) is 0 Å². The van der Waals surface area contributed by atoms with Crippen LogP contribution in [0, 0.1) is 0 Å². The van der Waals surface area contributed by atoms with E-state index in [9.17, 15) is 4.79 Å². The average molecular weight is 459 g/mol. The lowest BCUT2D eigenvalue weighted by Gasteiger charge is -2.13. The molecule has 1 heterocycles. The second kappa shape index (κ2) is 11.3. The quantitative estimate of drug-likeness (QED) is 0.178. The molecule has 0 aliphatic carbocycles. The average Bonchev–Trinajstić information content (AvgIpc) is 2.81. The Morgan fingerprint density at radius 3 is 1.93 bits per heavy atom. The van der Waals surface area contributed by atoms with Gasteiger partial charge in [-0.15, -0.1) is 23.5 Å². The van der Waals surface area contributed by atoms with Crippen molar-refractivity contribution in [2.24, 2.45) is 0 Å². The van der Waals surface area contributed by atoms with E-state index >= 15 is 0 Å². The van der Waals surface area contributed by atoms with Crippen molar-refractivity contribution in [1.29, 1.82) is 0 Å². The van der Waals surface area contributed by atoms with Crippen LogP contribution in [0.3, 0.4) is 0 Å². The smallest absolute Gasteiger partial charge is 0.343 e. The number of rotatable bonds is 9. The van der Waals surface area contributed by atoms with Gasteiger partial charge in [0.05, 0.1) is 14.2 Å². The van der Waals surface area contributed by atoms with E-state index in [0.717, 1.165) is 16.9 Å². The molecule has 0 N–H and O–H groups in total. The van der Waals surface area contributed by atoms with E-state index in [0.29, 0.717) is 32.3 Å². The Hall–Kier alpha value is -2.16. The van der Waals surface area contributed by atoms with Crippen molar-refractivity contribution in [2.45, 2.75) is 26.7 Å². The van der Waals surface area contributed by atoms with Gasteiger partial charge in [0.1, 0.15) is 21.4 Å².